The van der Waals surface area contributed by atoms with E-state index >= 15 is 0 Å². The van der Waals surface area contributed by atoms with E-state index in [2.05, 4.69) is 0 Å². The zero-order valence-electron chi connectivity index (χ0n) is 0. The molecule has 0 heterocycles. The molecular weight excluding hydrogens is 829 g/mol. The summed E-state index contributed by atoms with van der Waals surface area (Å²) in [4.78, 5) is 0. The average molecular weight is 1110 g/mol. The monoisotopic (exact) mass is 1110 g/mol. The lowest BCUT2D eigenvalue weighted by molar-refractivity contribution is 2.50. The van der Waals surface area contributed by atoms with E-state index in [0.717, 1.165) is 0 Å². The summed E-state index contributed by atoms with van der Waals surface area (Å²) in [5.74, 6) is 0. The highest BCUT2D eigenvalue weighted by molar-refractivity contribution is 2.57. The van der Waals surface area contributed by atoms with Crippen LogP contribution in [-0.2, 0) is 0 Å². The molecule has 0 aromatic heterocycles. The topological polar surface area (TPSA) is 0 Å². The molecule has 0 heteroatoms. The Hall–Kier alpha value is 0. The first kappa shape index (κ1) is 0. The molecule has 0 aliphatic carbocycles. The van der Waals surface area contributed by atoms with Crippen molar-refractivity contribution in [1.29, 1.82) is 0 Å². The Labute approximate surface area is 510 Å². The van der Waals surface area contributed by atoms with Crippen molar-refractivity contribution in [2.24, 2.45) is 0 Å². The van der Waals surface area contributed by atoms with E-state index in [0.29, 0.717) is 0 Å². The Kier molecular flexibility index (Phi) is 0. The van der Waals surface area contributed by atoms with Gasteiger partial charge in [-0.1, -0.05) is 512 Å². The lowest BCUT2D eigenvalue weighted by Gasteiger charge is -0.0786. The van der Waals surface area contributed by atoms with Gasteiger partial charge in [0.2, 0.25) is 0 Å². The van der Waals surface area contributed by atoms with Crippen molar-refractivity contribution in [3.63, 3.8) is 0 Å². The summed E-state index contributed by atoms with van der Waals surface area (Å²) in [6.45, 7) is 0. The summed E-state index contributed by atoms with van der Waals surface area (Å²) in [6.07, 6.45) is 0. The molecule has 0 aliphatic rings. The van der Waals surface area contributed by atoms with Crippen molar-refractivity contribution in [2.75, 3.05) is 0 Å². The molecule has 0 saturated carbocycles. The predicted octanol–water partition coefficient (Wildman–Crippen LogP) is 43.9. The van der Waals surface area contributed by atoms with Gasteiger partial charge in [0.1, 0.15) is 0 Å². The molecule has 0 unspecified atom stereocenters. The van der Waals surface area contributed by atoms with Crippen LogP contribution in [0.5, 0.6) is 0 Å². The second-order valence-electron chi connectivity index (χ2n) is 0. The normalized spacial score (nSPS) is 0. The van der Waals surface area contributed by atoms with Crippen molar-refractivity contribution >= 4 is 0 Å². The summed E-state index contributed by atoms with van der Waals surface area (Å²) < 4.78 is 0. The van der Waals surface area contributed by atoms with Crippen molar-refractivity contribution in [3.05, 3.63) is 0 Å². The van der Waals surface area contributed by atoms with Crippen molar-refractivity contribution in [1.82, 2.24) is 0 Å². The van der Waals surface area contributed by atoms with E-state index in [1.165, 1.54) is 0 Å². The first-order chi connectivity index (χ1) is 0. The van der Waals surface area contributed by atoms with Gasteiger partial charge < -0.3 is 0 Å². The van der Waals surface area contributed by atoms with Crippen LogP contribution in [0.3, 0.4) is 0 Å². The fourth-order valence-corrected chi connectivity index (χ4v) is 0. The molecule has 0 aliphatic heterocycles. The third-order valence-corrected chi connectivity index (χ3v) is 0. The molecule has 552 valence electrons. The highest BCUT2D eigenvalue weighted by Gasteiger charge is -0.00956. The lowest BCUT2D eigenvalue weighted by atomic mass is 12.0. The van der Waals surface area contributed by atoms with Crippen LogP contribution in [0.4, 0.5) is 0 Å². The molecule has 0 bridgehead atoms. The smallest absolute Gasteiger partial charge is 0.0776 e. The second-order valence-corrected chi connectivity index (χ2v) is 0. The van der Waals surface area contributed by atoms with Crippen molar-refractivity contribution in [2.45, 2.75) is 512 Å². The van der Waals surface area contributed by atoms with Crippen LogP contribution >= 0.6 is 0 Å². The third kappa shape index (κ3) is 0. The lowest BCUT2D eigenvalue weighted by Crippen LogP contribution is 0.143. The second kappa shape index (κ2) is 0. The molecule has 69 heavy (non-hydrogen) atoms. The van der Waals surface area contributed by atoms with E-state index in [9.17, 15) is 0 Å². The Morgan fingerprint density at radius 3 is 0.0145 bits per heavy atom. The van der Waals surface area contributed by atoms with Gasteiger partial charge in [-0.05, 0) is 0 Å². The van der Waals surface area contributed by atoms with Crippen LogP contribution in [0.25, 0.3) is 0 Å². The molecule has 0 aromatic rings. The third-order valence-electron chi connectivity index (χ3n) is 0. The first-order valence-corrected chi connectivity index (χ1v) is 0. The Morgan fingerprint density at radius 2 is 0.0145 bits per heavy atom. The summed E-state index contributed by atoms with van der Waals surface area (Å²) in [5, 5.41) is 0. The molecule has 0 saturated heterocycles. The fraction of sp³-hybridized carbons (Fsp3) is 1.00. The molecule has 0 N–H and O–H groups in total. The van der Waals surface area contributed by atoms with Crippen LogP contribution in [0.1, 0.15) is 512 Å². The molecule has 0 fully saturated rings. The van der Waals surface area contributed by atoms with Crippen LogP contribution < -0.4 is 0 Å². The minimum atomic E-state index is 0. The molecule has 0 radical (unpaired) electrons. The minimum Gasteiger partial charge on any atom is -0.0776 e. The van der Waals surface area contributed by atoms with Gasteiger partial charge in [0, 0.05) is 0 Å². The summed E-state index contributed by atoms with van der Waals surface area (Å²) in [7, 11) is 0. The molecule has 0 atom stereocenters. The Morgan fingerprint density at radius 1 is 0.0145 bits per heavy atom. The van der Waals surface area contributed by atoms with E-state index < -0.39 is 0 Å². The van der Waals surface area contributed by atoms with Crippen LogP contribution in [0.15, 0.2) is 0 Å². The van der Waals surface area contributed by atoms with Gasteiger partial charge in [0.25, 0.3) is 0 Å². The van der Waals surface area contributed by atoms with E-state index in [-0.39, 0.29) is 512 Å². The standard InChI is InChI=1S/69CH4/h69*1H4. The Balaban J connectivity index is 0. The van der Waals surface area contributed by atoms with Crippen molar-refractivity contribution < 1.29 is 0 Å². The van der Waals surface area contributed by atoms with Crippen LogP contribution in [0, 0.1) is 0 Å². The van der Waals surface area contributed by atoms with Gasteiger partial charge >= 0.3 is 0 Å². The largest absolute Gasteiger partial charge is 0.0776 e. The van der Waals surface area contributed by atoms with Crippen LogP contribution in [0.2, 0.25) is 0 Å². The van der Waals surface area contributed by atoms with Crippen LogP contribution in [-0.4, -0.2) is 0 Å². The summed E-state index contributed by atoms with van der Waals surface area (Å²) in [5.41, 5.74) is 0. The van der Waals surface area contributed by atoms with Gasteiger partial charge in [-0.15, -0.1) is 0 Å². The van der Waals surface area contributed by atoms with E-state index in [1.807, 2.05) is 0 Å². The van der Waals surface area contributed by atoms with E-state index in [4.69, 9.17) is 0 Å². The fourth-order valence-electron chi connectivity index (χ4n) is 0. The molecule has 0 rings (SSSR count). The zero-order chi connectivity index (χ0) is 0. The SMILES string of the molecule is C.C.C.C.C.C.C.C.C.C.C.C.C.C.C.C.C.C.C.C.C.C.C.C.C.C.C.C.C.C.C.C.C.C.C.C.C.C.C.C.C.C.C.C.C.C.C.C.C.C.C.C.C.C.C.C.C.C.C.C.C.C.C.C.C.C.C.C.C. The molecule has 0 amide bonds. The zero-order valence-corrected chi connectivity index (χ0v) is 0. The maximum atomic E-state index is 0. The molecule has 0 nitrogen and oxygen atoms in total. The molecule has 0 spiro atoms. The average Bonchev–Trinajstić information content (AvgIpc) is 0. The Bertz CT molecular complexity index is 0. The van der Waals surface area contributed by atoms with Gasteiger partial charge in [0.15, 0.2) is 0 Å². The molecule has 0 aromatic carbocycles. The van der Waals surface area contributed by atoms with E-state index in [1.54, 1.807) is 0 Å². The number of hydrogen-bond acceptors (Lipinski definition) is 0. The highest BCUT2D eigenvalue weighted by atomic mass is 12.1. The number of rotatable bonds is 0. The maximum Gasteiger partial charge on any atom is -0.0776 e. The summed E-state index contributed by atoms with van der Waals surface area (Å²) >= 11 is 0. The first-order valence-electron chi connectivity index (χ1n) is 0. The minimum absolute atomic E-state index is 0. The maximum absolute atomic E-state index is 0. The number of hydrogen-bond donors (Lipinski definition) is 0. The van der Waals surface area contributed by atoms with Gasteiger partial charge in [-0.2, -0.15) is 0 Å². The van der Waals surface area contributed by atoms with Gasteiger partial charge in [-0.25, -0.2) is 0 Å². The predicted molar refractivity (Wildman–Crippen MR) is 464 cm³/mol. The highest BCUT2D eigenvalue weighted by Crippen LogP contribution is 0.212. The van der Waals surface area contributed by atoms with Gasteiger partial charge in [0.05, 0.1) is 0 Å². The van der Waals surface area contributed by atoms with Crippen molar-refractivity contribution in [3.8, 4) is 0 Å². The van der Waals surface area contributed by atoms with Gasteiger partial charge in [-0.3, -0.25) is 0 Å². The summed E-state index contributed by atoms with van der Waals surface area (Å²) in [6, 6.07) is 0. The molecular formula is C69H276. The quantitative estimate of drug-likeness (QED) is 0.227.